The second-order valence-electron chi connectivity index (χ2n) is 5.26. The van der Waals surface area contributed by atoms with E-state index in [0.29, 0.717) is 37.8 Å². The first kappa shape index (κ1) is 14.6. The molecule has 1 aromatic rings. The van der Waals surface area contributed by atoms with Gasteiger partial charge in [-0.25, -0.2) is 4.98 Å². The minimum absolute atomic E-state index is 0.0283. The molecule has 0 atom stereocenters. The summed E-state index contributed by atoms with van der Waals surface area (Å²) in [5.41, 5.74) is -0.997. The first-order valence-corrected chi connectivity index (χ1v) is 7.87. The summed E-state index contributed by atoms with van der Waals surface area (Å²) in [6.45, 7) is 1.38. The van der Waals surface area contributed by atoms with Gasteiger partial charge in [0.15, 0.2) is 5.16 Å². The van der Waals surface area contributed by atoms with Gasteiger partial charge >= 0.3 is 0 Å². The van der Waals surface area contributed by atoms with Gasteiger partial charge in [0.05, 0.1) is 12.1 Å². The average Bonchev–Trinajstić information content (AvgIpc) is 2.98. The van der Waals surface area contributed by atoms with E-state index in [9.17, 15) is 14.7 Å². The normalized spacial score (nSPS) is 20.0. The summed E-state index contributed by atoms with van der Waals surface area (Å²) in [6.07, 6.45) is 2.39. The van der Waals surface area contributed by atoms with E-state index in [4.69, 9.17) is 4.74 Å². The molecule has 3 rings (SSSR count). The molecule has 0 unspecified atom stereocenters. The second kappa shape index (κ2) is 5.78. The third-order valence-electron chi connectivity index (χ3n) is 3.93. The molecular weight excluding hydrogens is 294 g/mol. The van der Waals surface area contributed by atoms with Crippen molar-refractivity contribution in [3.05, 3.63) is 22.1 Å². The van der Waals surface area contributed by atoms with Crippen LogP contribution in [0.5, 0.6) is 0 Å². The Morgan fingerprint density at radius 2 is 2.29 bits per heavy atom. The fourth-order valence-electron chi connectivity index (χ4n) is 2.57. The van der Waals surface area contributed by atoms with E-state index in [-0.39, 0.29) is 17.7 Å². The molecule has 114 valence electrons. The smallest absolute Gasteiger partial charge is 0.267 e. The first-order valence-electron chi connectivity index (χ1n) is 6.89. The molecule has 1 aromatic heterocycles. The quantitative estimate of drug-likeness (QED) is 0.739. The molecule has 0 saturated carbocycles. The van der Waals surface area contributed by atoms with Gasteiger partial charge < -0.3 is 15.2 Å². The highest BCUT2D eigenvalue weighted by atomic mass is 32.2. The van der Waals surface area contributed by atoms with Crippen molar-refractivity contribution < 1.29 is 14.6 Å². The van der Waals surface area contributed by atoms with E-state index in [1.165, 1.54) is 22.5 Å². The number of nitrogens with zero attached hydrogens (tertiary/aromatic N) is 2. The summed E-state index contributed by atoms with van der Waals surface area (Å²) < 4.78 is 6.78. The van der Waals surface area contributed by atoms with Crippen LogP contribution < -0.4 is 10.9 Å². The minimum Gasteiger partial charge on any atom is -0.394 e. The third-order valence-corrected chi connectivity index (χ3v) is 4.90. The van der Waals surface area contributed by atoms with Crippen LogP contribution in [0.3, 0.4) is 0 Å². The van der Waals surface area contributed by atoms with Gasteiger partial charge in [-0.1, -0.05) is 11.8 Å². The Morgan fingerprint density at radius 1 is 1.52 bits per heavy atom. The maximum atomic E-state index is 12.4. The van der Waals surface area contributed by atoms with Crippen LogP contribution in [0.15, 0.2) is 16.1 Å². The molecule has 1 fully saturated rings. The monoisotopic (exact) mass is 311 g/mol. The van der Waals surface area contributed by atoms with Crippen LogP contribution >= 0.6 is 11.8 Å². The number of fused-ring (bicyclic) bond motifs is 1. The van der Waals surface area contributed by atoms with E-state index < -0.39 is 11.4 Å². The molecular formula is C13H17N3O4S. The summed E-state index contributed by atoms with van der Waals surface area (Å²) in [7, 11) is 0. The van der Waals surface area contributed by atoms with Crippen molar-refractivity contribution in [3.8, 4) is 0 Å². The fraction of sp³-hybridized carbons (Fsp3) is 0.615. The molecule has 0 radical (unpaired) electrons. The minimum atomic E-state index is -0.708. The van der Waals surface area contributed by atoms with Gasteiger partial charge in [0.25, 0.3) is 11.5 Å². The van der Waals surface area contributed by atoms with E-state index in [1.807, 2.05) is 0 Å². The molecule has 21 heavy (non-hydrogen) atoms. The predicted molar refractivity (Wildman–Crippen MR) is 76.6 cm³/mol. The Hall–Kier alpha value is -1.38. The van der Waals surface area contributed by atoms with Crippen LogP contribution in [-0.2, 0) is 11.3 Å². The van der Waals surface area contributed by atoms with Crippen LogP contribution in [0.25, 0.3) is 0 Å². The molecule has 2 aliphatic heterocycles. The fourth-order valence-corrected chi connectivity index (χ4v) is 3.48. The summed E-state index contributed by atoms with van der Waals surface area (Å²) in [4.78, 5) is 28.8. The number of thioether (sulfide) groups is 1. The number of aromatic nitrogens is 2. The maximum Gasteiger partial charge on any atom is 0.267 e. The Labute approximate surface area is 125 Å². The van der Waals surface area contributed by atoms with Crippen molar-refractivity contribution in [2.45, 2.75) is 30.1 Å². The lowest BCUT2D eigenvalue weighted by Crippen LogP contribution is -2.55. The Bertz CT molecular complexity index is 610. The number of rotatable bonds is 3. The van der Waals surface area contributed by atoms with Crippen LogP contribution in [0, 0.1) is 0 Å². The molecule has 8 heteroatoms. The summed E-state index contributed by atoms with van der Waals surface area (Å²) in [5.74, 6) is 0.321. The number of carbonyl (C=O) groups excluding carboxylic acids is 1. The standard InChI is InChI=1S/C13H17N3O4S/c17-8-13(1-4-20-5-2-13)15-10(18)9-7-14-12-16(11(9)19)3-6-21-12/h7,17H,1-6,8H2,(H,15,18). The molecule has 2 N–H and O–H groups in total. The predicted octanol–water partition coefficient (Wildman–Crippen LogP) is -0.380. The third kappa shape index (κ3) is 2.70. The highest BCUT2D eigenvalue weighted by Gasteiger charge is 2.34. The number of ether oxygens (including phenoxy) is 1. The van der Waals surface area contributed by atoms with Crippen molar-refractivity contribution >= 4 is 17.7 Å². The second-order valence-corrected chi connectivity index (χ2v) is 6.33. The molecule has 0 aromatic carbocycles. The SMILES string of the molecule is O=C(NC1(CO)CCOCC1)c1cnc2n(c1=O)CCS2. The Morgan fingerprint density at radius 3 is 3.00 bits per heavy atom. The number of aliphatic hydroxyl groups is 1. The average molecular weight is 311 g/mol. The lowest BCUT2D eigenvalue weighted by Gasteiger charge is -2.36. The molecule has 0 spiro atoms. The van der Waals surface area contributed by atoms with E-state index in [1.54, 1.807) is 0 Å². The number of nitrogens with one attached hydrogen (secondary N) is 1. The van der Waals surface area contributed by atoms with Gasteiger partial charge in [0, 0.05) is 31.7 Å². The Balaban J connectivity index is 1.84. The van der Waals surface area contributed by atoms with Crippen molar-refractivity contribution in [1.29, 1.82) is 0 Å². The van der Waals surface area contributed by atoms with Crippen molar-refractivity contribution in [3.63, 3.8) is 0 Å². The number of hydrogen-bond acceptors (Lipinski definition) is 6. The van der Waals surface area contributed by atoms with Crippen LogP contribution in [0.2, 0.25) is 0 Å². The first-order chi connectivity index (χ1) is 10.2. The lowest BCUT2D eigenvalue weighted by molar-refractivity contribution is 0.0125. The summed E-state index contributed by atoms with van der Waals surface area (Å²) in [6, 6.07) is 0. The molecule has 1 saturated heterocycles. The number of amides is 1. The van der Waals surface area contributed by atoms with E-state index >= 15 is 0 Å². The maximum absolute atomic E-state index is 12.4. The number of carbonyl (C=O) groups is 1. The van der Waals surface area contributed by atoms with Crippen LogP contribution in [0.1, 0.15) is 23.2 Å². The van der Waals surface area contributed by atoms with Crippen LogP contribution in [0.4, 0.5) is 0 Å². The zero-order valence-electron chi connectivity index (χ0n) is 11.5. The van der Waals surface area contributed by atoms with Gasteiger partial charge in [-0.2, -0.15) is 0 Å². The highest BCUT2D eigenvalue weighted by molar-refractivity contribution is 7.99. The molecule has 3 heterocycles. The van der Waals surface area contributed by atoms with Crippen molar-refractivity contribution in [2.75, 3.05) is 25.6 Å². The topological polar surface area (TPSA) is 93.4 Å². The van der Waals surface area contributed by atoms with Crippen LogP contribution in [-0.4, -0.2) is 51.7 Å². The van der Waals surface area contributed by atoms with Crippen molar-refractivity contribution in [2.24, 2.45) is 0 Å². The molecule has 1 amide bonds. The highest BCUT2D eigenvalue weighted by Crippen LogP contribution is 2.22. The van der Waals surface area contributed by atoms with Gasteiger partial charge in [0.1, 0.15) is 5.56 Å². The zero-order valence-corrected chi connectivity index (χ0v) is 12.3. The van der Waals surface area contributed by atoms with E-state index in [0.717, 1.165) is 5.75 Å². The van der Waals surface area contributed by atoms with Gasteiger partial charge in [-0.05, 0) is 12.8 Å². The molecule has 7 nitrogen and oxygen atoms in total. The largest absolute Gasteiger partial charge is 0.394 e. The van der Waals surface area contributed by atoms with Gasteiger partial charge in [0.2, 0.25) is 0 Å². The molecule has 0 bridgehead atoms. The Kier molecular flexibility index (Phi) is 4.01. The van der Waals surface area contributed by atoms with Crippen molar-refractivity contribution in [1.82, 2.24) is 14.9 Å². The lowest BCUT2D eigenvalue weighted by atomic mass is 9.90. The van der Waals surface area contributed by atoms with Gasteiger partial charge in [-0.15, -0.1) is 0 Å². The summed E-state index contributed by atoms with van der Waals surface area (Å²) >= 11 is 1.51. The zero-order chi connectivity index (χ0) is 14.9. The number of hydrogen-bond donors (Lipinski definition) is 2. The van der Waals surface area contributed by atoms with Gasteiger partial charge in [-0.3, -0.25) is 14.2 Å². The summed E-state index contributed by atoms with van der Waals surface area (Å²) in [5, 5.41) is 13.0. The molecule has 2 aliphatic rings. The van der Waals surface area contributed by atoms with E-state index in [2.05, 4.69) is 10.3 Å². The number of aliphatic hydroxyl groups excluding tert-OH is 1. The molecule has 0 aliphatic carbocycles.